The van der Waals surface area contributed by atoms with Crippen molar-refractivity contribution in [3.8, 4) is 5.75 Å². The molecule has 0 heterocycles. The third kappa shape index (κ3) is 4.00. The van der Waals surface area contributed by atoms with Gasteiger partial charge in [0.25, 0.3) is 0 Å². The summed E-state index contributed by atoms with van der Waals surface area (Å²) in [6, 6.07) is 4.84. The maximum atomic E-state index is 9.46. The molecule has 4 heteroatoms. The van der Waals surface area contributed by atoms with Gasteiger partial charge in [-0.05, 0) is 30.2 Å². The number of aliphatic hydroxyl groups excluding tert-OH is 2. The lowest BCUT2D eigenvalue weighted by atomic mass is 10.0. The second-order valence-corrected chi connectivity index (χ2v) is 4.58. The van der Waals surface area contributed by atoms with Gasteiger partial charge in [0, 0.05) is 5.56 Å². The van der Waals surface area contributed by atoms with Crippen molar-refractivity contribution in [3.05, 3.63) is 29.3 Å². The van der Waals surface area contributed by atoms with Crippen LogP contribution in [0.3, 0.4) is 0 Å². The molecule has 0 bridgehead atoms. The van der Waals surface area contributed by atoms with Crippen molar-refractivity contribution in [2.75, 3.05) is 13.2 Å². The summed E-state index contributed by atoms with van der Waals surface area (Å²) in [6.07, 6.45) is 0. The van der Waals surface area contributed by atoms with E-state index < -0.39 is 0 Å². The molecule has 1 atom stereocenters. The van der Waals surface area contributed by atoms with Crippen molar-refractivity contribution in [3.63, 3.8) is 0 Å². The molecule has 0 amide bonds. The average Bonchev–Trinajstić information content (AvgIpc) is 2.31. The Morgan fingerprint density at radius 3 is 2.47 bits per heavy atom. The van der Waals surface area contributed by atoms with Crippen LogP contribution in [0.5, 0.6) is 5.75 Å². The van der Waals surface area contributed by atoms with E-state index in [4.69, 9.17) is 5.11 Å². The van der Waals surface area contributed by atoms with Crippen molar-refractivity contribution >= 4 is 0 Å². The van der Waals surface area contributed by atoms with Gasteiger partial charge in [0.2, 0.25) is 0 Å². The highest BCUT2D eigenvalue weighted by molar-refractivity contribution is 5.37. The number of hydrogen-bond acceptors (Lipinski definition) is 4. The quantitative estimate of drug-likeness (QED) is 0.601. The van der Waals surface area contributed by atoms with Gasteiger partial charge >= 0.3 is 0 Å². The molecule has 1 aromatic rings. The highest BCUT2D eigenvalue weighted by Gasteiger charge is 2.12. The zero-order chi connectivity index (χ0) is 12.8. The summed E-state index contributed by atoms with van der Waals surface area (Å²) in [5.74, 6) is 0.579. The van der Waals surface area contributed by atoms with Gasteiger partial charge in [-0.1, -0.05) is 19.9 Å². The SMILES string of the molecule is CC(C)CNC(CO)c1ccc(O)c(CO)c1. The van der Waals surface area contributed by atoms with Crippen molar-refractivity contribution in [2.45, 2.75) is 26.5 Å². The molecule has 4 nitrogen and oxygen atoms in total. The van der Waals surface area contributed by atoms with Gasteiger partial charge in [-0.2, -0.15) is 0 Å². The van der Waals surface area contributed by atoms with Gasteiger partial charge in [0.1, 0.15) is 5.75 Å². The van der Waals surface area contributed by atoms with Gasteiger partial charge < -0.3 is 20.6 Å². The summed E-state index contributed by atoms with van der Waals surface area (Å²) < 4.78 is 0. The van der Waals surface area contributed by atoms with Crippen molar-refractivity contribution in [1.29, 1.82) is 0 Å². The van der Waals surface area contributed by atoms with Crippen LogP contribution in [0.4, 0.5) is 0 Å². The Hall–Kier alpha value is -1.10. The second kappa shape index (κ2) is 6.59. The van der Waals surface area contributed by atoms with Crippen LogP contribution in [0.25, 0.3) is 0 Å². The van der Waals surface area contributed by atoms with Gasteiger partial charge in [-0.15, -0.1) is 0 Å². The first-order chi connectivity index (χ1) is 8.08. The fourth-order valence-electron chi connectivity index (χ4n) is 1.61. The molecule has 0 radical (unpaired) electrons. The van der Waals surface area contributed by atoms with Crippen LogP contribution in [0.1, 0.15) is 31.0 Å². The average molecular weight is 239 g/mol. The zero-order valence-electron chi connectivity index (χ0n) is 10.3. The van der Waals surface area contributed by atoms with Crippen LogP contribution < -0.4 is 5.32 Å². The molecular weight excluding hydrogens is 218 g/mol. The number of aromatic hydroxyl groups is 1. The molecule has 0 aliphatic rings. The van der Waals surface area contributed by atoms with E-state index in [-0.39, 0.29) is 25.0 Å². The van der Waals surface area contributed by atoms with Crippen LogP contribution in [0.2, 0.25) is 0 Å². The number of rotatable bonds is 6. The first-order valence-corrected chi connectivity index (χ1v) is 5.85. The molecule has 1 rings (SSSR count). The van der Waals surface area contributed by atoms with E-state index in [2.05, 4.69) is 19.2 Å². The first-order valence-electron chi connectivity index (χ1n) is 5.85. The predicted molar refractivity (Wildman–Crippen MR) is 66.7 cm³/mol. The normalized spacial score (nSPS) is 13.0. The van der Waals surface area contributed by atoms with Gasteiger partial charge in [-0.3, -0.25) is 0 Å². The van der Waals surface area contributed by atoms with Crippen LogP contribution in [0.15, 0.2) is 18.2 Å². The zero-order valence-corrected chi connectivity index (χ0v) is 10.3. The molecule has 0 spiro atoms. The molecule has 4 N–H and O–H groups in total. The van der Waals surface area contributed by atoms with Crippen LogP contribution in [-0.2, 0) is 6.61 Å². The summed E-state index contributed by atoms with van der Waals surface area (Å²) >= 11 is 0. The van der Waals surface area contributed by atoms with E-state index in [1.165, 1.54) is 0 Å². The van der Waals surface area contributed by atoms with E-state index in [1.54, 1.807) is 18.2 Å². The van der Waals surface area contributed by atoms with E-state index in [9.17, 15) is 10.2 Å². The highest BCUT2D eigenvalue weighted by Crippen LogP contribution is 2.22. The summed E-state index contributed by atoms with van der Waals surface area (Å²) in [5, 5.41) is 31.1. The topological polar surface area (TPSA) is 72.7 Å². The number of aliphatic hydroxyl groups is 2. The number of nitrogens with one attached hydrogen (secondary N) is 1. The smallest absolute Gasteiger partial charge is 0.121 e. The fraction of sp³-hybridized carbons (Fsp3) is 0.538. The fourth-order valence-corrected chi connectivity index (χ4v) is 1.61. The Balaban J connectivity index is 2.80. The molecule has 0 saturated heterocycles. The van der Waals surface area contributed by atoms with Gasteiger partial charge in [0.15, 0.2) is 0 Å². The molecule has 17 heavy (non-hydrogen) atoms. The van der Waals surface area contributed by atoms with Crippen molar-refractivity contribution < 1.29 is 15.3 Å². The Morgan fingerprint density at radius 2 is 1.94 bits per heavy atom. The molecule has 96 valence electrons. The maximum absolute atomic E-state index is 9.46. The first kappa shape index (κ1) is 14.0. The van der Waals surface area contributed by atoms with E-state index in [0.29, 0.717) is 11.5 Å². The monoisotopic (exact) mass is 239 g/mol. The molecule has 1 unspecified atom stereocenters. The van der Waals surface area contributed by atoms with Gasteiger partial charge in [0.05, 0.1) is 19.3 Å². The lowest BCUT2D eigenvalue weighted by molar-refractivity contribution is 0.240. The maximum Gasteiger partial charge on any atom is 0.121 e. The lowest BCUT2D eigenvalue weighted by Crippen LogP contribution is -2.28. The molecule has 0 aromatic heterocycles. The van der Waals surface area contributed by atoms with Gasteiger partial charge in [-0.25, -0.2) is 0 Å². The Bertz CT molecular complexity index is 353. The summed E-state index contributed by atoms with van der Waals surface area (Å²) in [4.78, 5) is 0. The Morgan fingerprint density at radius 1 is 1.24 bits per heavy atom. The van der Waals surface area contributed by atoms with Crippen LogP contribution >= 0.6 is 0 Å². The predicted octanol–water partition coefficient (Wildman–Crippen LogP) is 1.16. The van der Waals surface area contributed by atoms with Crippen molar-refractivity contribution in [1.82, 2.24) is 5.32 Å². The largest absolute Gasteiger partial charge is 0.508 e. The second-order valence-electron chi connectivity index (χ2n) is 4.58. The highest BCUT2D eigenvalue weighted by atomic mass is 16.3. The minimum atomic E-state index is -0.206. The number of hydrogen-bond donors (Lipinski definition) is 4. The van der Waals surface area contributed by atoms with Crippen molar-refractivity contribution in [2.24, 2.45) is 5.92 Å². The number of benzene rings is 1. The lowest BCUT2D eigenvalue weighted by Gasteiger charge is -2.19. The molecule has 1 aromatic carbocycles. The molecule has 0 fully saturated rings. The van der Waals surface area contributed by atoms with E-state index in [1.807, 2.05) is 0 Å². The molecule has 0 saturated carbocycles. The minimum absolute atomic E-state index is 0.0115. The summed E-state index contributed by atoms with van der Waals surface area (Å²) in [5.41, 5.74) is 1.35. The summed E-state index contributed by atoms with van der Waals surface area (Å²) in [6.45, 7) is 4.78. The third-order valence-corrected chi connectivity index (χ3v) is 2.63. The van der Waals surface area contributed by atoms with Crippen LogP contribution in [-0.4, -0.2) is 28.5 Å². The Labute approximate surface area is 102 Å². The third-order valence-electron chi connectivity index (χ3n) is 2.63. The van der Waals surface area contributed by atoms with E-state index >= 15 is 0 Å². The molecular formula is C13H21NO3. The standard InChI is InChI=1S/C13H21NO3/c1-9(2)6-14-12(8-16)10-3-4-13(17)11(5-10)7-15/h3-5,9,12,14-17H,6-8H2,1-2H3. The summed E-state index contributed by atoms with van der Waals surface area (Å²) in [7, 11) is 0. The van der Waals surface area contributed by atoms with Crippen LogP contribution in [0, 0.1) is 5.92 Å². The minimum Gasteiger partial charge on any atom is -0.508 e. The number of phenols is 1. The molecule has 0 aliphatic heterocycles. The molecule has 0 aliphatic carbocycles. The van der Waals surface area contributed by atoms with E-state index in [0.717, 1.165) is 12.1 Å². The Kier molecular flexibility index (Phi) is 5.41.